The topological polar surface area (TPSA) is 34.1 Å². The van der Waals surface area contributed by atoms with E-state index >= 15 is 0 Å². The molecule has 8 rings (SSSR count). The van der Waals surface area contributed by atoms with Crippen LogP contribution in [0, 0.1) is 98.6 Å². The van der Waals surface area contributed by atoms with Gasteiger partial charge in [0.25, 0.3) is 0 Å². The van der Waals surface area contributed by atoms with Crippen molar-refractivity contribution in [1.29, 1.82) is 0 Å². The molecular weight excluding hydrogens is 681 g/mol. The maximum atomic E-state index is 13.4. The van der Waals surface area contributed by atoms with Crippen LogP contribution in [-0.2, 0) is 9.59 Å². The zero-order valence-electron chi connectivity index (χ0n) is 38.5. The van der Waals surface area contributed by atoms with Crippen molar-refractivity contribution in [2.75, 3.05) is 0 Å². The molecule has 2 nitrogen and oxygen atoms in total. The molecule has 8 fully saturated rings. The Kier molecular flexibility index (Phi) is 13.0. The molecule has 0 heterocycles. The van der Waals surface area contributed by atoms with Gasteiger partial charge in [0.1, 0.15) is 11.6 Å². The molecular formula is C54H90O2. The van der Waals surface area contributed by atoms with Gasteiger partial charge in [0.15, 0.2) is 0 Å². The number of hydrogen-bond acceptors (Lipinski definition) is 2. The van der Waals surface area contributed by atoms with E-state index in [0.29, 0.717) is 69.2 Å². The predicted octanol–water partition coefficient (Wildman–Crippen LogP) is 15.3. The highest BCUT2D eigenvalue weighted by atomic mass is 16.1. The second-order valence-corrected chi connectivity index (χ2v) is 24.3. The summed E-state index contributed by atoms with van der Waals surface area (Å²) >= 11 is 0. The number of rotatable bonds is 10. The summed E-state index contributed by atoms with van der Waals surface area (Å²) in [7, 11) is 0. The molecule has 0 bridgehead atoms. The van der Waals surface area contributed by atoms with Crippen molar-refractivity contribution in [3.8, 4) is 0 Å². The summed E-state index contributed by atoms with van der Waals surface area (Å²) in [6.07, 6.45) is 31.9. The summed E-state index contributed by atoms with van der Waals surface area (Å²) in [6, 6.07) is 0. The third kappa shape index (κ3) is 7.66. The largest absolute Gasteiger partial charge is 0.299 e. The van der Waals surface area contributed by atoms with Crippen LogP contribution in [0.25, 0.3) is 0 Å². The Morgan fingerprint density at radius 3 is 1.45 bits per heavy atom. The van der Waals surface area contributed by atoms with Gasteiger partial charge >= 0.3 is 0 Å². The predicted molar refractivity (Wildman–Crippen MR) is 236 cm³/mol. The highest BCUT2D eigenvalue weighted by molar-refractivity contribution is 5.86. The first kappa shape index (κ1) is 43.2. The average Bonchev–Trinajstić information content (AvgIpc) is 3.59. The number of fused-ring (bicyclic) bond motifs is 10. The normalized spacial score (nSPS) is 46.6. The lowest BCUT2D eigenvalue weighted by molar-refractivity contribution is -0.141. The summed E-state index contributed by atoms with van der Waals surface area (Å²) < 4.78 is 0. The van der Waals surface area contributed by atoms with Gasteiger partial charge < -0.3 is 0 Å². The Morgan fingerprint density at radius 2 is 1.02 bits per heavy atom. The molecule has 2 unspecified atom stereocenters. The summed E-state index contributed by atoms with van der Waals surface area (Å²) in [4.78, 5) is 26.8. The van der Waals surface area contributed by atoms with Crippen molar-refractivity contribution in [3.05, 3.63) is 12.2 Å². The SMILES string of the molecule is C=C(C)CCC[C@@H](C)[C@H]1CC(=O)[C@H]2[C@@H]3CCC4CCCC[C@]4(C)[C@H]3CC[C@]12C.CC(C)CCC[C@@H](C)[C@H]1CC(=O)[C@H]2[C@@H]3CCC4CCCC[C@]4(C)[C@H]3CC[C@]12C. The van der Waals surface area contributed by atoms with Crippen molar-refractivity contribution in [2.45, 2.75) is 216 Å². The molecule has 318 valence electrons. The quantitative estimate of drug-likeness (QED) is 0.207. The van der Waals surface area contributed by atoms with E-state index in [1.807, 2.05) is 0 Å². The van der Waals surface area contributed by atoms with Crippen LogP contribution in [-0.4, -0.2) is 11.6 Å². The Bertz CT molecular complexity index is 1410. The van der Waals surface area contributed by atoms with Gasteiger partial charge in [0.05, 0.1) is 0 Å². The molecule has 0 spiro atoms. The number of carbonyl (C=O) groups is 2. The molecule has 0 aromatic carbocycles. The Morgan fingerprint density at radius 1 is 0.571 bits per heavy atom. The van der Waals surface area contributed by atoms with E-state index in [2.05, 4.69) is 68.9 Å². The van der Waals surface area contributed by atoms with Crippen molar-refractivity contribution in [1.82, 2.24) is 0 Å². The molecule has 8 saturated carbocycles. The van der Waals surface area contributed by atoms with Gasteiger partial charge in [-0.3, -0.25) is 9.59 Å². The summed E-state index contributed by atoms with van der Waals surface area (Å²) in [6.45, 7) is 26.1. The van der Waals surface area contributed by atoms with Gasteiger partial charge in [-0.05, 0) is 184 Å². The number of hydrogen-bond donors (Lipinski definition) is 0. The van der Waals surface area contributed by atoms with E-state index in [1.54, 1.807) is 0 Å². The van der Waals surface area contributed by atoms with Crippen LogP contribution in [0.4, 0.5) is 0 Å². The molecule has 2 heteroatoms. The van der Waals surface area contributed by atoms with Crippen molar-refractivity contribution in [3.63, 3.8) is 0 Å². The van der Waals surface area contributed by atoms with E-state index in [1.165, 1.54) is 140 Å². The molecule has 0 saturated heterocycles. The molecule has 0 aromatic heterocycles. The van der Waals surface area contributed by atoms with E-state index in [-0.39, 0.29) is 5.41 Å². The van der Waals surface area contributed by atoms with Crippen molar-refractivity contribution >= 4 is 11.6 Å². The van der Waals surface area contributed by atoms with E-state index in [0.717, 1.165) is 54.8 Å². The minimum Gasteiger partial charge on any atom is -0.299 e. The lowest BCUT2D eigenvalue weighted by atomic mass is 9.44. The minimum atomic E-state index is 0.277. The van der Waals surface area contributed by atoms with Gasteiger partial charge in [-0.15, -0.1) is 6.58 Å². The highest BCUT2D eigenvalue weighted by Crippen LogP contribution is 2.69. The van der Waals surface area contributed by atoms with E-state index in [9.17, 15) is 9.59 Å². The lowest BCUT2D eigenvalue weighted by Crippen LogP contribution is -2.54. The third-order valence-electron chi connectivity index (χ3n) is 20.9. The molecule has 0 amide bonds. The molecule has 0 N–H and O–H groups in total. The number of Topliss-reactive ketones (excluding diaryl/α,β-unsaturated/α-hetero) is 2. The molecule has 8 aliphatic rings. The monoisotopic (exact) mass is 771 g/mol. The third-order valence-corrected chi connectivity index (χ3v) is 20.9. The van der Waals surface area contributed by atoms with Gasteiger partial charge in [-0.1, -0.05) is 112 Å². The number of ketones is 2. The van der Waals surface area contributed by atoms with E-state index < -0.39 is 0 Å². The average molecular weight is 771 g/mol. The van der Waals surface area contributed by atoms with E-state index in [4.69, 9.17) is 0 Å². The number of allylic oxidation sites excluding steroid dienone is 1. The van der Waals surface area contributed by atoms with Crippen LogP contribution in [0.3, 0.4) is 0 Å². The Hall–Kier alpha value is -0.920. The van der Waals surface area contributed by atoms with Crippen LogP contribution >= 0.6 is 0 Å². The summed E-state index contributed by atoms with van der Waals surface area (Å²) in [5.41, 5.74) is 2.96. The van der Waals surface area contributed by atoms with Crippen molar-refractivity contribution in [2.24, 2.45) is 98.6 Å². The molecule has 0 aliphatic heterocycles. The van der Waals surface area contributed by atoms with Gasteiger partial charge in [0.2, 0.25) is 0 Å². The van der Waals surface area contributed by atoms with Gasteiger partial charge in [-0.2, -0.15) is 0 Å². The smallest absolute Gasteiger partial charge is 0.137 e. The van der Waals surface area contributed by atoms with Crippen LogP contribution in [0.1, 0.15) is 216 Å². The zero-order valence-corrected chi connectivity index (χ0v) is 38.5. The fourth-order valence-corrected chi connectivity index (χ4v) is 17.9. The molecule has 56 heavy (non-hydrogen) atoms. The Labute approximate surface area is 347 Å². The first-order valence-corrected chi connectivity index (χ1v) is 25.2. The summed E-state index contributed by atoms with van der Waals surface area (Å²) in [5, 5.41) is 0. The fraction of sp³-hybridized carbons (Fsp3) is 0.926. The second kappa shape index (κ2) is 16.9. The molecule has 0 radical (unpaired) electrons. The second-order valence-electron chi connectivity index (χ2n) is 24.3. The van der Waals surface area contributed by atoms with Gasteiger partial charge in [0, 0.05) is 24.7 Å². The summed E-state index contributed by atoms with van der Waals surface area (Å²) in [5.74, 6) is 10.5. The lowest BCUT2D eigenvalue weighted by Gasteiger charge is -2.60. The maximum Gasteiger partial charge on any atom is 0.137 e. The first-order valence-electron chi connectivity index (χ1n) is 25.2. The highest BCUT2D eigenvalue weighted by Gasteiger charge is 2.64. The standard InChI is InChI=1S/C27H46O.C27H44O/c2*1-18(2)9-8-10-19(3)23-17-24(28)25-21-13-12-20-11-6-7-15-26(20,4)22(21)14-16-27(23,25)5/h18-23,25H,6-17H2,1-5H3;19-23,25H,1,6-17H2,2-5H3/t2*19-,20?,21-,22+,23-,25-,26+,27-/m11/s1. The first-order chi connectivity index (χ1) is 26.5. The van der Waals surface area contributed by atoms with Crippen LogP contribution in [0.15, 0.2) is 12.2 Å². The maximum absolute atomic E-state index is 13.4. The Balaban J connectivity index is 0.000000172. The molecule has 16 atom stereocenters. The van der Waals surface area contributed by atoms with Crippen molar-refractivity contribution < 1.29 is 9.59 Å². The molecule has 8 aliphatic carbocycles. The number of carbonyl (C=O) groups excluding carboxylic acids is 2. The van der Waals surface area contributed by atoms with Crippen LogP contribution in [0.5, 0.6) is 0 Å². The van der Waals surface area contributed by atoms with Crippen LogP contribution in [0.2, 0.25) is 0 Å². The zero-order chi connectivity index (χ0) is 40.2. The minimum absolute atomic E-state index is 0.277. The van der Waals surface area contributed by atoms with Gasteiger partial charge in [-0.25, -0.2) is 0 Å². The van der Waals surface area contributed by atoms with Crippen LogP contribution < -0.4 is 0 Å². The molecule has 0 aromatic rings. The fourth-order valence-electron chi connectivity index (χ4n) is 17.9.